The highest BCUT2D eigenvalue weighted by Crippen LogP contribution is 2.22. The van der Waals surface area contributed by atoms with Gasteiger partial charge in [-0.1, -0.05) is 36.4 Å². The van der Waals surface area contributed by atoms with E-state index < -0.39 is 10.8 Å². The van der Waals surface area contributed by atoms with E-state index in [0.29, 0.717) is 17.1 Å². The van der Waals surface area contributed by atoms with Gasteiger partial charge in [-0.2, -0.15) is 5.10 Å². The van der Waals surface area contributed by atoms with Crippen LogP contribution in [0.15, 0.2) is 66.9 Å². The van der Waals surface area contributed by atoms with Crippen LogP contribution in [-0.4, -0.2) is 37.4 Å². The highest BCUT2D eigenvalue weighted by Gasteiger charge is 2.23. The minimum absolute atomic E-state index is 0.00317. The number of benzene rings is 2. The molecule has 2 heterocycles. The van der Waals surface area contributed by atoms with Crippen molar-refractivity contribution in [2.45, 2.75) is 12.5 Å². The van der Waals surface area contributed by atoms with Crippen molar-refractivity contribution in [2.24, 2.45) is 0 Å². The molecule has 0 saturated carbocycles. The van der Waals surface area contributed by atoms with Crippen LogP contribution in [0.3, 0.4) is 0 Å². The van der Waals surface area contributed by atoms with Crippen molar-refractivity contribution in [3.05, 3.63) is 72.4 Å². The van der Waals surface area contributed by atoms with E-state index in [0.717, 1.165) is 23.4 Å². The summed E-state index contributed by atoms with van der Waals surface area (Å²) in [5.74, 6) is 1.07. The first kappa shape index (κ1) is 16.7. The average Bonchev–Trinajstić information content (AvgIpc) is 3.32. The molecule has 0 bridgehead atoms. The third-order valence-electron chi connectivity index (χ3n) is 4.48. The number of carbonyl (C=O) groups excluding carboxylic acids is 1. The van der Waals surface area contributed by atoms with Gasteiger partial charge in [-0.3, -0.25) is 9.00 Å². The van der Waals surface area contributed by atoms with Gasteiger partial charge in [-0.25, -0.2) is 4.68 Å². The van der Waals surface area contributed by atoms with Gasteiger partial charge in [0.1, 0.15) is 0 Å². The molecule has 26 heavy (non-hydrogen) atoms. The van der Waals surface area contributed by atoms with E-state index >= 15 is 0 Å². The molecule has 3 aromatic rings. The van der Waals surface area contributed by atoms with Crippen LogP contribution in [-0.2, 0) is 10.8 Å². The number of aromatic nitrogens is 2. The zero-order valence-electron chi connectivity index (χ0n) is 14.2. The van der Waals surface area contributed by atoms with Crippen LogP contribution in [0.5, 0.6) is 0 Å². The molecule has 0 unspecified atom stereocenters. The predicted octanol–water partition coefficient (Wildman–Crippen LogP) is 2.79. The van der Waals surface area contributed by atoms with Gasteiger partial charge in [-0.15, -0.1) is 0 Å². The summed E-state index contributed by atoms with van der Waals surface area (Å²) in [6.45, 7) is 0. The number of nitrogens with one attached hydrogen (secondary N) is 1. The lowest BCUT2D eigenvalue weighted by Gasteiger charge is -2.12. The molecule has 2 aromatic carbocycles. The highest BCUT2D eigenvalue weighted by molar-refractivity contribution is 7.85. The van der Waals surface area contributed by atoms with Crippen LogP contribution in [0.4, 0.5) is 0 Å². The summed E-state index contributed by atoms with van der Waals surface area (Å²) in [6, 6.07) is 19.4. The molecule has 1 aliphatic rings. The Kier molecular flexibility index (Phi) is 4.67. The third-order valence-corrected chi connectivity index (χ3v) is 5.95. The second-order valence-electron chi connectivity index (χ2n) is 6.31. The van der Waals surface area contributed by atoms with E-state index in [4.69, 9.17) is 0 Å². The summed E-state index contributed by atoms with van der Waals surface area (Å²) in [5, 5.41) is 7.40. The van der Waals surface area contributed by atoms with Gasteiger partial charge < -0.3 is 5.32 Å². The highest BCUT2D eigenvalue weighted by atomic mass is 32.2. The van der Waals surface area contributed by atoms with Crippen LogP contribution in [0.1, 0.15) is 16.8 Å². The Morgan fingerprint density at radius 2 is 1.96 bits per heavy atom. The van der Waals surface area contributed by atoms with Gasteiger partial charge in [0, 0.05) is 39.5 Å². The molecular formula is C20H19N3O2S. The van der Waals surface area contributed by atoms with Crippen LogP contribution in [0.25, 0.3) is 16.9 Å². The lowest BCUT2D eigenvalue weighted by molar-refractivity contribution is 0.0941. The van der Waals surface area contributed by atoms with Gasteiger partial charge in [-0.05, 0) is 30.7 Å². The number of carbonyl (C=O) groups is 1. The number of hydrogen-bond donors (Lipinski definition) is 1. The standard InChI is InChI=1S/C20H19N3O2S/c24-20(22-17-10-12-26(25)14-17)16-7-4-8-18(13-16)23-19(9-11-21-23)15-5-2-1-3-6-15/h1-9,11,13,17H,10,12,14H2,(H,22,24)/t17-,26-/m1/s1. The summed E-state index contributed by atoms with van der Waals surface area (Å²) >= 11 is 0. The van der Waals surface area contributed by atoms with Crippen LogP contribution < -0.4 is 5.32 Å². The van der Waals surface area contributed by atoms with Gasteiger partial charge >= 0.3 is 0 Å². The second kappa shape index (κ2) is 7.25. The van der Waals surface area contributed by atoms with Crippen molar-refractivity contribution in [2.75, 3.05) is 11.5 Å². The molecule has 0 aliphatic carbocycles. The fraction of sp³-hybridized carbons (Fsp3) is 0.200. The molecule has 1 fully saturated rings. The number of nitrogens with zero attached hydrogens (tertiary/aromatic N) is 2. The predicted molar refractivity (Wildman–Crippen MR) is 103 cm³/mol. The van der Waals surface area contributed by atoms with Gasteiger partial charge in [0.25, 0.3) is 5.91 Å². The van der Waals surface area contributed by atoms with E-state index in [1.807, 2.05) is 59.3 Å². The fourth-order valence-electron chi connectivity index (χ4n) is 3.16. The van der Waals surface area contributed by atoms with Crippen LogP contribution in [0.2, 0.25) is 0 Å². The SMILES string of the molecule is O=C(N[C@@H]1CC[S@@](=O)C1)c1cccc(-n2nccc2-c2ccccc2)c1. The summed E-state index contributed by atoms with van der Waals surface area (Å²) in [6.07, 6.45) is 2.53. The largest absolute Gasteiger partial charge is 0.348 e. The molecule has 1 aromatic heterocycles. The van der Waals surface area contributed by atoms with Crippen molar-refractivity contribution in [1.82, 2.24) is 15.1 Å². The van der Waals surface area contributed by atoms with Crippen LogP contribution in [0, 0.1) is 0 Å². The molecule has 1 N–H and O–H groups in total. The Bertz CT molecular complexity index is 952. The quantitative estimate of drug-likeness (QED) is 0.773. The first-order chi connectivity index (χ1) is 12.7. The molecule has 1 amide bonds. The monoisotopic (exact) mass is 365 g/mol. The minimum atomic E-state index is -0.808. The van der Waals surface area contributed by atoms with Crippen molar-refractivity contribution >= 4 is 16.7 Å². The van der Waals surface area contributed by atoms with E-state index in [9.17, 15) is 9.00 Å². The number of amides is 1. The Hall–Kier alpha value is -2.73. The first-order valence-corrected chi connectivity index (χ1v) is 10.1. The minimum Gasteiger partial charge on any atom is -0.348 e. The zero-order chi connectivity index (χ0) is 17.9. The lowest BCUT2D eigenvalue weighted by Crippen LogP contribution is -2.35. The third kappa shape index (κ3) is 3.46. The summed E-state index contributed by atoms with van der Waals surface area (Å²) in [5.41, 5.74) is 3.44. The summed E-state index contributed by atoms with van der Waals surface area (Å²) < 4.78 is 13.3. The Morgan fingerprint density at radius 3 is 2.73 bits per heavy atom. The molecule has 1 saturated heterocycles. The molecule has 132 valence electrons. The molecule has 2 atom stereocenters. The summed E-state index contributed by atoms with van der Waals surface area (Å²) in [7, 11) is -0.808. The second-order valence-corrected chi connectivity index (χ2v) is 7.94. The molecule has 0 spiro atoms. The topological polar surface area (TPSA) is 64.0 Å². The zero-order valence-corrected chi connectivity index (χ0v) is 15.0. The average molecular weight is 365 g/mol. The maximum absolute atomic E-state index is 12.5. The summed E-state index contributed by atoms with van der Waals surface area (Å²) in [4.78, 5) is 12.5. The van der Waals surface area contributed by atoms with Crippen molar-refractivity contribution in [3.8, 4) is 16.9 Å². The van der Waals surface area contributed by atoms with E-state index in [2.05, 4.69) is 10.4 Å². The Morgan fingerprint density at radius 1 is 1.12 bits per heavy atom. The number of rotatable bonds is 4. The van der Waals surface area contributed by atoms with Crippen LogP contribution >= 0.6 is 0 Å². The maximum Gasteiger partial charge on any atom is 0.251 e. The lowest BCUT2D eigenvalue weighted by atomic mass is 10.1. The molecule has 0 radical (unpaired) electrons. The van der Waals surface area contributed by atoms with Crippen molar-refractivity contribution < 1.29 is 9.00 Å². The maximum atomic E-state index is 12.5. The fourth-order valence-corrected chi connectivity index (χ4v) is 4.58. The normalized spacial score (nSPS) is 19.4. The molecule has 1 aliphatic heterocycles. The molecular weight excluding hydrogens is 346 g/mol. The number of hydrogen-bond acceptors (Lipinski definition) is 3. The Labute approximate surface area is 154 Å². The molecule has 6 heteroatoms. The van der Waals surface area contributed by atoms with Gasteiger partial charge in [0.15, 0.2) is 0 Å². The van der Waals surface area contributed by atoms with Crippen molar-refractivity contribution in [3.63, 3.8) is 0 Å². The molecule has 4 rings (SSSR count). The van der Waals surface area contributed by atoms with Gasteiger partial charge in [0.2, 0.25) is 0 Å². The smallest absolute Gasteiger partial charge is 0.251 e. The van der Waals surface area contributed by atoms with Gasteiger partial charge in [0.05, 0.1) is 17.6 Å². The molecule has 5 nitrogen and oxygen atoms in total. The Balaban J connectivity index is 1.60. The van der Waals surface area contributed by atoms with E-state index in [1.54, 1.807) is 12.3 Å². The van der Waals surface area contributed by atoms with Crippen molar-refractivity contribution in [1.29, 1.82) is 0 Å². The first-order valence-electron chi connectivity index (χ1n) is 8.56. The van der Waals surface area contributed by atoms with E-state index in [-0.39, 0.29) is 11.9 Å². The van der Waals surface area contributed by atoms with E-state index in [1.165, 1.54) is 0 Å².